The average molecular weight is 335 g/mol. The van der Waals surface area contributed by atoms with Gasteiger partial charge in [-0.3, -0.25) is 0 Å². The third-order valence-corrected chi connectivity index (χ3v) is 3.51. The summed E-state index contributed by atoms with van der Waals surface area (Å²) in [4.78, 5) is 2.08. The second-order valence-electron chi connectivity index (χ2n) is 4.36. The molecule has 0 spiro atoms. The van der Waals surface area contributed by atoms with Gasteiger partial charge in [-0.15, -0.1) is 0 Å². The molecular weight excluding hydrogens is 318 g/mol. The molecule has 0 radical (unpaired) electrons. The minimum atomic E-state index is -0.00535. The van der Waals surface area contributed by atoms with Crippen molar-refractivity contribution in [2.45, 2.75) is 13.5 Å². The van der Waals surface area contributed by atoms with E-state index in [1.54, 1.807) is 0 Å². The lowest BCUT2D eigenvalue weighted by Crippen LogP contribution is -2.32. The fourth-order valence-electron chi connectivity index (χ4n) is 1.66. The van der Waals surface area contributed by atoms with E-state index in [0.717, 1.165) is 21.6 Å². The van der Waals surface area contributed by atoms with Crippen molar-refractivity contribution in [3.05, 3.63) is 33.3 Å². The third kappa shape index (κ3) is 4.48. The van der Waals surface area contributed by atoms with Gasteiger partial charge in [0.1, 0.15) is 5.84 Å². The van der Waals surface area contributed by atoms with Crippen LogP contribution < -0.4 is 5.73 Å². The Morgan fingerprint density at radius 3 is 2.83 bits per heavy atom. The number of amidine groups is 1. The monoisotopic (exact) mass is 333 g/mol. The van der Waals surface area contributed by atoms with Crippen LogP contribution >= 0.6 is 27.5 Å². The molecule has 1 aromatic rings. The first-order chi connectivity index (χ1) is 8.43. The lowest BCUT2D eigenvalue weighted by Gasteiger charge is -2.21. The van der Waals surface area contributed by atoms with E-state index < -0.39 is 0 Å². The maximum Gasteiger partial charge on any atom is 0.143 e. The van der Waals surface area contributed by atoms with Gasteiger partial charge in [-0.2, -0.15) is 0 Å². The first kappa shape index (κ1) is 15.3. The van der Waals surface area contributed by atoms with Gasteiger partial charge in [0.2, 0.25) is 0 Å². The molecule has 0 fully saturated rings. The van der Waals surface area contributed by atoms with Gasteiger partial charge in [0.25, 0.3) is 0 Å². The number of hydrogen-bond donors (Lipinski definition) is 2. The summed E-state index contributed by atoms with van der Waals surface area (Å²) in [6.07, 6.45) is 0. The molecule has 18 heavy (non-hydrogen) atoms. The van der Waals surface area contributed by atoms with E-state index in [0.29, 0.717) is 6.54 Å². The van der Waals surface area contributed by atoms with Crippen LogP contribution in [-0.4, -0.2) is 29.5 Å². The first-order valence-electron chi connectivity index (χ1n) is 5.54. The largest absolute Gasteiger partial charge is 0.409 e. The van der Waals surface area contributed by atoms with E-state index in [2.05, 4.69) is 26.0 Å². The molecule has 3 N–H and O–H groups in total. The standard InChI is InChI=1S/C12H17BrClN3O/c1-8(12(15)16-18)6-17(2)7-9-3-4-10(13)5-11(9)14/h3-5,8,18H,6-7H2,1-2H3,(H2,15,16). The maximum absolute atomic E-state index is 8.60. The maximum atomic E-state index is 8.60. The van der Waals surface area contributed by atoms with E-state index in [4.69, 9.17) is 22.5 Å². The van der Waals surface area contributed by atoms with Gasteiger partial charge < -0.3 is 15.8 Å². The van der Waals surface area contributed by atoms with Crippen LogP contribution in [0.5, 0.6) is 0 Å². The number of halogens is 2. The number of benzene rings is 1. The smallest absolute Gasteiger partial charge is 0.143 e. The predicted octanol–water partition coefficient (Wildman–Crippen LogP) is 2.92. The van der Waals surface area contributed by atoms with E-state index >= 15 is 0 Å². The molecule has 100 valence electrons. The van der Waals surface area contributed by atoms with Crippen molar-refractivity contribution in [1.29, 1.82) is 0 Å². The summed E-state index contributed by atoms with van der Waals surface area (Å²) in [6, 6.07) is 5.82. The molecule has 1 aromatic carbocycles. The van der Waals surface area contributed by atoms with Crippen molar-refractivity contribution in [3.8, 4) is 0 Å². The highest BCUT2D eigenvalue weighted by atomic mass is 79.9. The van der Waals surface area contributed by atoms with E-state index in [-0.39, 0.29) is 11.8 Å². The molecule has 0 aromatic heterocycles. The van der Waals surface area contributed by atoms with Gasteiger partial charge in [-0.1, -0.05) is 45.7 Å². The Balaban J connectivity index is 2.62. The minimum absolute atomic E-state index is 0.00535. The molecule has 1 unspecified atom stereocenters. The molecule has 1 rings (SSSR count). The Kier molecular flexibility index (Phi) is 5.91. The number of nitrogens with two attached hydrogens (primary N) is 1. The highest BCUT2D eigenvalue weighted by Gasteiger charge is 2.12. The summed E-state index contributed by atoms with van der Waals surface area (Å²) in [5, 5.41) is 12.3. The summed E-state index contributed by atoms with van der Waals surface area (Å²) < 4.78 is 0.962. The van der Waals surface area contributed by atoms with E-state index in [1.165, 1.54) is 0 Å². The zero-order valence-corrected chi connectivity index (χ0v) is 12.7. The zero-order chi connectivity index (χ0) is 13.7. The average Bonchev–Trinajstić information content (AvgIpc) is 2.31. The SMILES string of the molecule is CC(CN(C)Cc1ccc(Br)cc1Cl)/C(N)=N/O. The molecule has 4 nitrogen and oxygen atoms in total. The lowest BCUT2D eigenvalue weighted by atomic mass is 10.1. The fraction of sp³-hybridized carbons (Fsp3) is 0.417. The van der Waals surface area contributed by atoms with Crippen LogP contribution in [0.1, 0.15) is 12.5 Å². The number of nitrogens with zero attached hydrogens (tertiary/aromatic N) is 2. The van der Waals surface area contributed by atoms with Gasteiger partial charge in [0.15, 0.2) is 0 Å². The second kappa shape index (κ2) is 6.97. The molecule has 0 saturated carbocycles. The molecular formula is C12H17BrClN3O. The minimum Gasteiger partial charge on any atom is -0.409 e. The van der Waals surface area contributed by atoms with Crippen LogP contribution in [0.15, 0.2) is 27.8 Å². The van der Waals surface area contributed by atoms with Gasteiger partial charge >= 0.3 is 0 Å². The summed E-state index contributed by atoms with van der Waals surface area (Å²) >= 11 is 9.53. The van der Waals surface area contributed by atoms with Crippen LogP contribution in [0.4, 0.5) is 0 Å². The van der Waals surface area contributed by atoms with Crippen molar-refractivity contribution < 1.29 is 5.21 Å². The highest BCUT2D eigenvalue weighted by Crippen LogP contribution is 2.22. The van der Waals surface area contributed by atoms with Crippen molar-refractivity contribution in [2.24, 2.45) is 16.8 Å². The van der Waals surface area contributed by atoms with Crippen LogP contribution in [0.25, 0.3) is 0 Å². The Morgan fingerprint density at radius 2 is 2.28 bits per heavy atom. The molecule has 0 aliphatic heterocycles. The molecule has 0 bridgehead atoms. The number of hydrogen-bond acceptors (Lipinski definition) is 3. The molecule has 0 aliphatic carbocycles. The Hall–Kier alpha value is -0.780. The number of oxime groups is 1. The van der Waals surface area contributed by atoms with Gasteiger partial charge in [0.05, 0.1) is 0 Å². The lowest BCUT2D eigenvalue weighted by molar-refractivity contribution is 0.290. The van der Waals surface area contributed by atoms with Crippen molar-refractivity contribution in [1.82, 2.24) is 4.90 Å². The first-order valence-corrected chi connectivity index (χ1v) is 6.71. The molecule has 6 heteroatoms. The molecule has 0 heterocycles. The van der Waals surface area contributed by atoms with Gasteiger partial charge in [-0.25, -0.2) is 0 Å². The quantitative estimate of drug-likeness (QED) is 0.377. The van der Waals surface area contributed by atoms with Crippen LogP contribution in [-0.2, 0) is 6.54 Å². The predicted molar refractivity (Wildman–Crippen MR) is 78.1 cm³/mol. The number of rotatable bonds is 5. The summed E-state index contributed by atoms with van der Waals surface area (Å²) in [5.74, 6) is 0.234. The zero-order valence-electron chi connectivity index (χ0n) is 10.4. The van der Waals surface area contributed by atoms with E-state index in [9.17, 15) is 0 Å². The third-order valence-electron chi connectivity index (χ3n) is 2.66. The summed E-state index contributed by atoms with van der Waals surface area (Å²) in [6.45, 7) is 3.33. The highest BCUT2D eigenvalue weighted by molar-refractivity contribution is 9.10. The van der Waals surface area contributed by atoms with Crippen molar-refractivity contribution >= 4 is 33.4 Å². The van der Waals surface area contributed by atoms with Crippen LogP contribution in [0, 0.1) is 5.92 Å². The fourth-order valence-corrected chi connectivity index (χ4v) is 2.40. The van der Waals surface area contributed by atoms with Crippen LogP contribution in [0.3, 0.4) is 0 Å². The van der Waals surface area contributed by atoms with Gasteiger partial charge in [-0.05, 0) is 24.7 Å². The van der Waals surface area contributed by atoms with Crippen LogP contribution in [0.2, 0.25) is 5.02 Å². The summed E-state index contributed by atoms with van der Waals surface area (Å²) in [7, 11) is 1.97. The Labute approximate surface area is 121 Å². The Morgan fingerprint density at radius 1 is 1.61 bits per heavy atom. The second-order valence-corrected chi connectivity index (χ2v) is 5.68. The normalized spacial score (nSPS) is 13.9. The van der Waals surface area contributed by atoms with E-state index in [1.807, 2.05) is 32.2 Å². The topological polar surface area (TPSA) is 61.8 Å². The molecule has 1 atom stereocenters. The molecule has 0 saturated heterocycles. The van der Waals surface area contributed by atoms with Crippen molar-refractivity contribution in [3.63, 3.8) is 0 Å². The Bertz CT molecular complexity index is 439. The molecule has 0 amide bonds. The molecule has 0 aliphatic rings. The summed E-state index contributed by atoms with van der Waals surface area (Å²) in [5.41, 5.74) is 6.60. The van der Waals surface area contributed by atoms with Gasteiger partial charge in [0, 0.05) is 28.5 Å². The van der Waals surface area contributed by atoms with Crippen molar-refractivity contribution in [2.75, 3.05) is 13.6 Å².